The van der Waals surface area contributed by atoms with Crippen molar-refractivity contribution >= 4 is 11.7 Å². The van der Waals surface area contributed by atoms with Crippen LogP contribution in [0, 0.1) is 24.0 Å². The number of nitrogens with zero attached hydrogens (tertiary/aromatic N) is 3. The van der Waals surface area contributed by atoms with Crippen molar-refractivity contribution in [1.82, 2.24) is 9.78 Å². The Balaban J connectivity index is 2.50. The zero-order valence-electron chi connectivity index (χ0n) is 10.3. The maximum atomic E-state index is 10.9. The van der Waals surface area contributed by atoms with E-state index in [1.165, 1.54) is 16.8 Å². The average molecular weight is 261 g/mol. The Morgan fingerprint density at radius 3 is 2.53 bits per heavy atom. The molecule has 0 saturated carbocycles. The first-order valence-corrected chi connectivity index (χ1v) is 5.45. The van der Waals surface area contributed by atoms with E-state index in [0.29, 0.717) is 16.8 Å². The van der Waals surface area contributed by atoms with Crippen molar-refractivity contribution in [2.75, 3.05) is 0 Å². The molecule has 0 amide bonds. The topological polar surface area (TPSA) is 98.3 Å². The van der Waals surface area contributed by atoms with Crippen LogP contribution in [0.5, 0.6) is 0 Å². The van der Waals surface area contributed by atoms with Crippen molar-refractivity contribution in [1.29, 1.82) is 0 Å². The number of aryl methyl sites for hydroxylation is 2. The minimum absolute atomic E-state index is 0.0106. The molecular formula is C12H11N3O4. The van der Waals surface area contributed by atoms with Gasteiger partial charge in [-0.25, -0.2) is 9.48 Å². The lowest BCUT2D eigenvalue weighted by atomic mass is 10.2. The minimum Gasteiger partial charge on any atom is -0.476 e. The van der Waals surface area contributed by atoms with Gasteiger partial charge in [-0.2, -0.15) is 5.10 Å². The van der Waals surface area contributed by atoms with Gasteiger partial charge < -0.3 is 5.11 Å². The monoisotopic (exact) mass is 261 g/mol. The number of carbonyl (C=O) groups is 1. The first-order chi connectivity index (χ1) is 8.90. The summed E-state index contributed by atoms with van der Waals surface area (Å²) >= 11 is 0. The number of hydrogen-bond donors (Lipinski definition) is 1. The molecule has 19 heavy (non-hydrogen) atoms. The molecule has 0 unspecified atom stereocenters. The second-order valence-electron chi connectivity index (χ2n) is 4.14. The molecule has 0 fully saturated rings. The lowest BCUT2D eigenvalue weighted by molar-refractivity contribution is -0.384. The van der Waals surface area contributed by atoms with Crippen LogP contribution in [-0.2, 0) is 0 Å². The second-order valence-corrected chi connectivity index (χ2v) is 4.14. The Morgan fingerprint density at radius 1 is 1.37 bits per heavy atom. The Bertz CT molecular complexity index is 676. The zero-order valence-corrected chi connectivity index (χ0v) is 10.3. The van der Waals surface area contributed by atoms with Gasteiger partial charge in [0.1, 0.15) is 0 Å². The van der Waals surface area contributed by atoms with Crippen LogP contribution in [0.2, 0.25) is 0 Å². The summed E-state index contributed by atoms with van der Waals surface area (Å²) in [5.74, 6) is -1.10. The molecule has 0 saturated heterocycles. The van der Waals surface area contributed by atoms with Gasteiger partial charge in [0.2, 0.25) is 0 Å². The fourth-order valence-electron chi connectivity index (χ4n) is 1.81. The maximum Gasteiger partial charge on any atom is 0.356 e. The number of aromatic carboxylic acids is 1. The number of benzene rings is 1. The van der Waals surface area contributed by atoms with Gasteiger partial charge in [0.05, 0.1) is 10.6 Å². The number of hydrogen-bond acceptors (Lipinski definition) is 4. The Labute approximate surface area is 108 Å². The fraction of sp³-hybridized carbons (Fsp3) is 0.167. The minimum atomic E-state index is -1.10. The van der Waals surface area contributed by atoms with E-state index in [1.54, 1.807) is 26.1 Å². The van der Waals surface area contributed by atoms with Crippen molar-refractivity contribution < 1.29 is 14.8 Å². The predicted molar refractivity (Wildman–Crippen MR) is 66.7 cm³/mol. The Kier molecular flexibility index (Phi) is 3.04. The van der Waals surface area contributed by atoms with Crippen molar-refractivity contribution in [3.8, 4) is 5.69 Å². The van der Waals surface area contributed by atoms with Crippen LogP contribution in [0.4, 0.5) is 5.69 Å². The van der Waals surface area contributed by atoms with Crippen LogP contribution in [-0.4, -0.2) is 25.8 Å². The number of nitro benzene ring substituents is 1. The van der Waals surface area contributed by atoms with E-state index in [0.717, 1.165) is 0 Å². The molecule has 7 heteroatoms. The molecule has 98 valence electrons. The molecule has 1 aromatic carbocycles. The van der Waals surface area contributed by atoms with Crippen molar-refractivity contribution in [2.45, 2.75) is 13.8 Å². The van der Waals surface area contributed by atoms with Gasteiger partial charge in [0, 0.05) is 23.9 Å². The van der Waals surface area contributed by atoms with Crippen LogP contribution in [0.1, 0.15) is 21.6 Å². The molecule has 0 atom stereocenters. The van der Waals surface area contributed by atoms with E-state index in [2.05, 4.69) is 5.10 Å². The highest BCUT2D eigenvalue weighted by molar-refractivity contribution is 5.86. The molecule has 1 N–H and O–H groups in total. The summed E-state index contributed by atoms with van der Waals surface area (Å²) in [5, 5.41) is 23.6. The molecule has 2 aromatic rings. The van der Waals surface area contributed by atoms with Crippen molar-refractivity contribution in [3.05, 3.63) is 51.3 Å². The first-order valence-electron chi connectivity index (χ1n) is 5.45. The molecule has 0 spiro atoms. The molecular weight excluding hydrogens is 250 g/mol. The summed E-state index contributed by atoms with van der Waals surface area (Å²) in [7, 11) is 0. The van der Waals surface area contributed by atoms with Gasteiger partial charge in [-0.3, -0.25) is 10.1 Å². The van der Waals surface area contributed by atoms with Gasteiger partial charge in [0.15, 0.2) is 5.69 Å². The normalized spacial score (nSPS) is 10.4. The molecule has 0 aliphatic heterocycles. The van der Waals surface area contributed by atoms with E-state index in [4.69, 9.17) is 5.11 Å². The van der Waals surface area contributed by atoms with Crippen LogP contribution >= 0.6 is 0 Å². The van der Waals surface area contributed by atoms with Gasteiger partial charge >= 0.3 is 5.97 Å². The third-order valence-electron chi connectivity index (χ3n) is 2.74. The van der Waals surface area contributed by atoms with E-state index in [-0.39, 0.29) is 11.4 Å². The highest BCUT2D eigenvalue weighted by Gasteiger charge is 2.15. The zero-order chi connectivity index (χ0) is 14.2. The number of rotatable bonds is 3. The summed E-state index contributed by atoms with van der Waals surface area (Å²) in [6, 6.07) is 4.33. The van der Waals surface area contributed by atoms with E-state index in [9.17, 15) is 14.9 Å². The Morgan fingerprint density at radius 2 is 2.05 bits per heavy atom. The Hall–Kier alpha value is -2.70. The number of nitro groups is 1. The highest BCUT2D eigenvalue weighted by Crippen LogP contribution is 2.21. The molecule has 0 radical (unpaired) electrons. The summed E-state index contributed by atoms with van der Waals surface area (Å²) in [6.45, 7) is 3.35. The van der Waals surface area contributed by atoms with Crippen LogP contribution in [0.25, 0.3) is 5.69 Å². The average Bonchev–Trinajstić information content (AvgIpc) is 2.71. The van der Waals surface area contributed by atoms with Gasteiger partial charge in [0.25, 0.3) is 5.69 Å². The first kappa shape index (κ1) is 12.7. The number of carboxylic acids is 1. The molecule has 0 bridgehead atoms. The third kappa shape index (κ3) is 2.30. The molecule has 7 nitrogen and oxygen atoms in total. The van der Waals surface area contributed by atoms with Crippen LogP contribution < -0.4 is 0 Å². The molecule has 0 aliphatic rings. The van der Waals surface area contributed by atoms with E-state index >= 15 is 0 Å². The fourth-order valence-corrected chi connectivity index (χ4v) is 1.81. The largest absolute Gasteiger partial charge is 0.476 e. The predicted octanol–water partition coefficient (Wildman–Crippen LogP) is 2.10. The van der Waals surface area contributed by atoms with Gasteiger partial charge in [-0.15, -0.1) is 0 Å². The summed E-state index contributed by atoms with van der Waals surface area (Å²) < 4.78 is 1.41. The quantitative estimate of drug-likeness (QED) is 0.673. The maximum absolute atomic E-state index is 10.9. The van der Waals surface area contributed by atoms with Crippen molar-refractivity contribution in [3.63, 3.8) is 0 Å². The molecule has 1 aromatic heterocycles. The second kappa shape index (κ2) is 4.52. The molecule has 0 aliphatic carbocycles. The molecule has 1 heterocycles. The van der Waals surface area contributed by atoms with Crippen molar-refractivity contribution in [2.24, 2.45) is 0 Å². The van der Waals surface area contributed by atoms with Crippen LogP contribution in [0.15, 0.2) is 24.4 Å². The van der Waals surface area contributed by atoms with Gasteiger partial charge in [-0.05, 0) is 25.5 Å². The summed E-state index contributed by atoms with van der Waals surface area (Å²) in [4.78, 5) is 21.1. The smallest absolute Gasteiger partial charge is 0.356 e. The van der Waals surface area contributed by atoms with Crippen LogP contribution in [0.3, 0.4) is 0 Å². The summed E-state index contributed by atoms with van der Waals surface area (Å²) in [6.07, 6.45) is 1.58. The lowest BCUT2D eigenvalue weighted by Gasteiger charge is -2.05. The lowest BCUT2D eigenvalue weighted by Crippen LogP contribution is -2.03. The number of non-ortho nitro benzene ring substituents is 1. The van der Waals surface area contributed by atoms with E-state index in [1.807, 2.05) is 0 Å². The summed E-state index contributed by atoms with van der Waals surface area (Å²) in [5.41, 5.74) is 1.75. The SMILES string of the molecule is Cc1cc([N+](=O)[O-])ccc1-n1cc(C)c(C(=O)O)n1. The highest BCUT2D eigenvalue weighted by atomic mass is 16.6. The number of carboxylic acid groups (broad SMARTS) is 1. The number of aromatic nitrogens is 2. The standard InChI is InChI=1S/C12H11N3O4/c1-7-5-9(15(18)19)3-4-10(7)14-6-8(2)11(13-14)12(16)17/h3-6H,1-2H3,(H,16,17). The van der Waals surface area contributed by atoms with E-state index < -0.39 is 10.9 Å². The van der Waals surface area contributed by atoms with Gasteiger partial charge in [-0.1, -0.05) is 0 Å². The molecule has 2 rings (SSSR count). The third-order valence-corrected chi connectivity index (χ3v) is 2.74.